The number of aliphatic hydroxyl groups excluding tert-OH is 1. The van der Waals surface area contributed by atoms with Crippen LogP contribution < -0.4 is 5.32 Å². The molecule has 25 heavy (non-hydrogen) atoms. The maximum Gasteiger partial charge on any atom is 0.188 e. The highest BCUT2D eigenvalue weighted by Crippen LogP contribution is 2.23. The van der Waals surface area contributed by atoms with Crippen LogP contribution in [0.25, 0.3) is 16.9 Å². The van der Waals surface area contributed by atoms with E-state index >= 15 is 0 Å². The van der Waals surface area contributed by atoms with Crippen LogP contribution in [0.3, 0.4) is 0 Å². The normalized spacial score (nSPS) is 12.2. The molecule has 0 radical (unpaired) electrons. The predicted molar refractivity (Wildman–Crippen MR) is 94.3 cm³/mol. The number of hydrogen-bond acceptors (Lipinski definition) is 6. The summed E-state index contributed by atoms with van der Waals surface area (Å²) in [6.07, 6.45) is 1.47. The van der Waals surface area contributed by atoms with Crippen LogP contribution in [0, 0.1) is 0 Å². The summed E-state index contributed by atoms with van der Waals surface area (Å²) in [7, 11) is 0. The number of rotatable bonds is 5. The van der Waals surface area contributed by atoms with Crippen molar-refractivity contribution in [2.75, 3.05) is 11.9 Å². The summed E-state index contributed by atoms with van der Waals surface area (Å²) in [4.78, 5) is 8.59. The minimum atomic E-state index is -0.291. The predicted octanol–water partition coefficient (Wildman–Crippen LogP) is 2.36. The number of benzene rings is 2. The Kier molecular flexibility index (Phi) is 4.05. The second-order valence-corrected chi connectivity index (χ2v) is 5.52. The highest BCUT2D eigenvalue weighted by atomic mass is 16.3. The van der Waals surface area contributed by atoms with Crippen molar-refractivity contribution in [2.24, 2.45) is 0 Å². The molecule has 0 saturated heterocycles. The zero-order valence-electron chi connectivity index (χ0n) is 13.3. The van der Waals surface area contributed by atoms with E-state index in [-0.39, 0.29) is 12.6 Å². The maximum atomic E-state index is 9.75. The molecule has 0 aliphatic heterocycles. The highest BCUT2D eigenvalue weighted by Gasteiger charge is 2.16. The fourth-order valence-corrected chi connectivity index (χ4v) is 2.68. The van der Waals surface area contributed by atoms with Gasteiger partial charge in [-0.3, -0.25) is 0 Å². The van der Waals surface area contributed by atoms with Gasteiger partial charge in [0.25, 0.3) is 0 Å². The van der Waals surface area contributed by atoms with Crippen LogP contribution in [0.2, 0.25) is 0 Å². The molecule has 4 aromatic rings. The van der Waals surface area contributed by atoms with Crippen molar-refractivity contribution in [3.63, 3.8) is 0 Å². The Bertz CT molecular complexity index is 971. The van der Waals surface area contributed by atoms with E-state index in [1.807, 2.05) is 60.7 Å². The maximum absolute atomic E-state index is 9.75. The molecular formula is C18H16N6O. The molecule has 2 aromatic heterocycles. The zero-order chi connectivity index (χ0) is 17.1. The quantitative estimate of drug-likeness (QED) is 0.583. The number of nitrogens with zero attached hydrogens (tertiary/aromatic N) is 5. The Hall–Kier alpha value is -3.32. The first-order valence-corrected chi connectivity index (χ1v) is 7.91. The molecule has 2 heterocycles. The molecule has 0 aliphatic carbocycles. The fraction of sp³-hybridized carbons (Fsp3) is 0.111. The van der Waals surface area contributed by atoms with E-state index in [9.17, 15) is 5.11 Å². The van der Waals surface area contributed by atoms with Gasteiger partial charge in [-0.2, -0.15) is 4.68 Å². The number of aliphatic hydroxyl groups is 1. The molecule has 0 bridgehead atoms. The Balaban J connectivity index is 1.72. The van der Waals surface area contributed by atoms with Crippen molar-refractivity contribution in [3.05, 3.63) is 72.6 Å². The second-order valence-electron chi connectivity index (χ2n) is 5.52. The van der Waals surface area contributed by atoms with Crippen LogP contribution >= 0.6 is 0 Å². The lowest BCUT2D eigenvalue weighted by Gasteiger charge is -2.17. The molecule has 0 aliphatic rings. The third-order valence-corrected chi connectivity index (χ3v) is 3.93. The van der Waals surface area contributed by atoms with Gasteiger partial charge in [0.2, 0.25) is 0 Å². The van der Waals surface area contributed by atoms with E-state index in [0.717, 1.165) is 11.3 Å². The van der Waals surface area contributed by atoms with Crippen LogP contribution in [-0.2, 0) is 0 Å². The van der Waals surface area contributed by atoms with Crippen LogP contribution in [-0.4, -0.2) is 36.7 Å². The zero-order valence-corrected chi connectivity index (χ0v) is 13.3. The Morgan fingerprint density at radius 3 is 2.40 bits per heavy atom. The summed E-state index contributed by atoms with van der Waals surface area (Å²) >= 11 is 0. The third-order valence-electron chi connectivity index (χ3n) is 3.93. The van der Waals surface area contributed by atoms with Gasteiger partial charge in [0, 0.05) is 0 Å². The molecule has 4 rings (SSSR count). The van der Waals surface area contributed by atoms with E-state index in [4.69, 9.17) is 0 Å². The molecule has 0 fully saturated rings. The van der Waals surface area contributed by atoms with Gasteiger partial charge < -0.3 is 10.4 Å². The van der Waals surface area contributed by atoms with Crippen molar-refractivity contribution >= 4 is 17.0 Å². The minimum Gasteiger partial charge on any atom is -0.394 e. The number of nitrogens with one attached hydrogen (secondary N) is 1. The first kappa shape index (κ1) is 15.2. The van der Waals surface area contributed by atoms with Crippen molar-refractivity contribution in [3.8, 4) is 5.69 Å². The van der Waals surface area contributed by atoms with E-state index < -0.39 is 0 Å². The average molecular weight is 332 g/mol. The Labute approximate surface area is 144 Å². The van der Waals surface area contributed by atoms with E-state index in [2.05, 4.69) is 25.6 Å². The van der Waals surface area contributed by atoms with Crippen molar-refractivity contribution < 1.29 is 5.11 Å². The van der Waals surface area contributed by atoms with Gasteiger partial charge in [0.15, 0.2) is 17.0 Å². The summed E-state index contributed by atoms with van der Waals surface area (Å²) in [5, 5.41) is 21.4. The molecule has 124 valence electrons. The number of para-hydroxylation sites is 1. The van der Waals surface area contributed by atoms with E-state index in [0.29, 0.717) is 17.0 Å². The molecule has 0 amide bonds. The Morgan fingerprint density at radius 1 is 0.960 bits per heavy atom. The molecule has 0 saturated carbocycles. The SMILES string of the molecule is OC[C@@H](Nc1ncnc2c1nnn2-c1ccccc1)c1ccccc1. The highest BCUT2D eigenvalue weighted by molar-refractivity contribution is 5.83. The van der Waals surface area contributed by atoms with Crippen LogP contribution in [0.4, 0.5) is 5.82 Å². The van der Waals surface area contributed by atoms with Crippen molar-refractivity contribution in [1.29, 1.82) is 0 Å². The third kappa shape index (κ3) is 2.92. The molecule has 0 spiro atoms. The molecule has 1 atom stereocenters. The largest absolute Gasteiger partial charge is 0.394 e. The lowest BCUT2D eigenvalue weighted by molar-refractivity contribution is 0.276. The van der Waals surface area contributed by atoms with Crippen molar-refractivity contribution in [2.45, 2.75) is 6.04 Å². The molecular weight excluding hydrogens is 316 g/mol. The molecule has 2 aromatic carbocycles. The summed E-state index contributed by atoms with van der Waals surface area (Å²) in [6.45, 7) is -0.0671. The van der Waals surface area contributed by atoms with Crippen LogP contribution in [0.15, 0.2) is 67.0 Å². The fourth-order valence-electron chi connectivity index (χ4n) is 2.68. The summed E-state index contributed by atoms with van der Waals surface area (Å²) in [6, 6.07) is 19.1. The van der Waals surface area contributed by atoms with Crippen LogP contribution in [0.5, 0.6) is 0 Å². The van der Waals surface area contributed by atoms with Crippen LogP contribution in [0.1, 0.15) is 11.6 Å². The van der Waals surface area contributed by atoms with Gasteiger partial charge >= 0.3 is 0 Å². The van der Waals surface area contributed by atoms with Gasteiger partial charge in [-0.1, -0.05) is 53.7 Å². The second kappa shape index (κ2) is 6.66. The summed E-state index contributed by atoms with van der Waals surface area (Å²) in [5.74, 6) is 0.537. The van der Waals surface area contributed by atoms with Gasteiger partial charge in [0.05, 0.1) is 18.3 Å². The van der Waals surface area contributed by atoms with Gasteiger partial charge in [-0.05, 0) is 17.7 Å². The Morgan fingerprint density at radius 2 is 1.68 bits per heavy atom. The van der Waals surface area contributed by atoms with E-state index in [1.165, 1.54) is 6.33 Å². The number of fused-ring (bicyclic) bond motifs is 1. The average Bonchev–Trinajstić information content (AvgIpc) is 3.12. The number of aromatic nitrogens is 5. The smallest absolute Gasteiger partial charge is 0.188 e. The van der Waals surface area contributed by atoms with Gasteiger partial charge in [-0.15, -0.1) is 5.10 Å². The first-order valence-electron chi connectivity index (χ1n) is 7.91. The molecule has 2 N–H and O–H groups in total. The number of anilines is 1. The molecule has 0 unspecified atom stereocenters. The van der Waals surface area contributed by atoms with Crippen molar-refractivity contribution in [1.82, 2.24) is 25.0 Å². The van der Waals surface area contributed by atoms with Gasteiger partial charge in [0.1, 0.15) is 6.33 Å². The lowest BCUT2D eigenvalue weighted by atomic mass is 10.1. The topological polar surface area (TPSA) is 88.8 Å². The lowest BCUT2D eigenvalue weighted by Crippen LogP contribution is -2.16. The monoisotopic (exact) mass is 332 g/mol. The molecule has 7 nitrogen and oxygen atoms in total. The first-order chi connectivity index (χ1) is 12.4. The minimum absolute atomic E-state index is 0.0671. The summed E-state index contributed by atoms with van der Waals surface area (Å²) < 4.78 is 1.67. The summed E-state index contributed by atoms with van der Waals surface area (Å²) in [5.41, 5.74) is 3.00. The standard InChI is InChI=1S/C18H16N6O/c25-11-15(13-7-3-1-4-8-13)21-17-16-18(20-12-19-17)24(23-22-16)14-9-5-2-6-10-14/h1-10,12,15,25H,11H2,(H,19,20,21)/t15-/m1/s1. The number of hydrogen-bond donors (Lipinski definition) is 2. The van der Waals surface area contributed by atoms with Gasteiger partial charge in [-0.25, -0.2) is 9.97 Å². The molecule has 7 heteroatoms. The van der Waals surface area contributed by atoms with E-state index in [1.54, 1.807) is 4.68 Å².